The van der Waals surface area contributed by atoms with Gasteiger partial charge in [0.25, 0.3) is 0 Å². The zero-order valence-corrected chi connectivity index (χ0v) is 9.56. The molecule has 0 heterocycles. The van der Waals surface area contributed by atoms with Gasteiger partial charge in [-0.15, -0.1) is 0 Å². The van der Waals surface area contributed by atoms with Gasteiger partial charge in [0.2, 0.25) is 0 Å². The maximum Gasteiger partial charge on any atom is 0.142 e. The molecule has 0 spiro atoms. The fraction of sp³-hybridized carbons (Fsp3) is 0.364. The van der Waals surface area contributed by atoms with Crippen LogP contribution in [0.4, 0.5) is 4.39 Å². The Morgan fingerprint density at radius 2 is 2.19 bits per heavy atom. The van der Waals surface area contributed by atoms with Gasteiger partial charge < -0.3 is 10.5 Å². The van der Waals surface area contributed by atoms with E-state index in [4.69, 9.17) is 27.5 Å². The highest BCUT2D eigenvalue weighted by Gasteiger charge is 2.01. The Bertz CT molecular complexity index is 371. The maximum atomic E-state index is 12.8. The van der Waals surface area contributed by atoms with Crippen LogP contribution in [0.5, 0.6) is 5.75 Å². The summed E-state index contributed by atoms with van der Waals surface area (Å²) in [7, 11) is 0. The van der Waals surface area contributed by atoms with Crippen molar-refractivity contribution >= 4 is 17.4 Å². The second-order valence-corrected chi connectivity index (χ2v) is 3.81. The molecule has 0 aromatic heterocycles. The Hall–Kier alpha value is -1.29. The van der Waals surface area contributed by atoms with Crippen LogP contribution in [0.3, 0.4) is 0 Å². The molecule has 3 nitrogen and oxygen atoms in total. The molecule has 0 radical (unpaired) electrons. The number of hydrogen-bond acceptors (Lipinski definition) is 2. The minimum Gasteiger partial charge on any atom is -0.494 e. The van der Waals surface area contributed by atoms with E-state index in [1.807, 2.05) is 0 Å². The van der Waals surface area contributed by atoms with Gasteiger partial charge >= 0.3 is 0 Å². The van der Waals surface area contributed by atoms with Crippen molar-refractivity contribution in [1.29, 1.82) is 5.41 Å². The average molecular weight is 245 g/mol. The van der Waals surface area contributed by atoms with Gasteiger partial charge in [-0.25, -0.2) is 4.39 Å². The van der Waals surface area contributed by atoms with Crippen LogP contribution in [0.25, 0.3) is 0 Å². The molecule has 0 aliphatic heterocycles. The van der Waals surface area contributed by atoms with Crippen molar-refractivity contribution in [2.75, 3.05) is 6.61 Å². The number of unbranched alkanes of at least 4 members (excludes halogenated alkanes) is 1. The first kappa shape index (κ1) is 12.8. The second-order valence-electron chi connectivity index (χ2n) is 3.41. The first-order chi connectivity index (χ1) is 7.59. The van der Waals surface area contributed by atoms with Gasteiger partial charge in [0.1, 0.15) is 11.6 Å². The van der Waals surface area contributed by atoms with Crippen LogP contribution in [0.15, 0.2) is 18.2 Å². The number of ether oxygens (including phenoxy) is 1. The molecule has 1 aromatic rings. The Morgan fingerprint density at radius 3 is 2.81 bits per heavy atom. The lowest BCUT2D eigenvalue weighted by Crippen LogP contribution is -2.09. The largest absolute Gasteiger partial charge is 0.494 e. The highest BCUT2D eigenvalue weighted by Crippen LogP contribution is 2.21. The van der Waals surface area contributed by atoms with Gasteiger partial charge in [0.15, 0.2) is 0 Å². The smallest absolute Gasteiger partial charge is 0.142 e. The van der Waals surface area contributed by atoms with Crippen LogP contribution in [0.2, 0.25) is 5.02 Å². The summed E-state index contributed by atoms with van der Waals surface area (Å²) in [5.74, 6) is 0.282. The van der Waals surface area contributed by atoms with Crippen molar-refractivity contribution in [3.05, 3.63) is 29.0 Å². The van der Waals surface area contributed by atoms with Crippen LogP contribution >= 0.6 is 11.6 Å². The number of nitrogens with one attached hydrogen (secondary N) is 1. The number of halogens is 2. The minimum absolute atomic E-state index is 0.0567. The lowest BCUT2D eigenvalue weighted by atomic mass is 10.2. The van der Waals surface area contributed by atoms with E-state index in [2.05, 4.69) is 0 Å². The molecule has 3 N–H and O–H groups in total. The third-order valence-corrected chi connectivity index (χ3v) is 2.29. The number of amidine groups is 1. The van der Waals surface area contributed by atoms with Crippen LogP contribution < -0.4 is 10.5 Å². The topological polar surface area (TPSA) is 59.1 Å². The van der Waals surface area contributed by atoms with Crippen molar-refractivity contribution in [1.82, 2.24) is 0 Å². The third kappa shape index (κ3) is 4.49. The molecule has 0 unspecified atom stereocenters. The molecule has 16 heavy (non-hydrogen) atoms. The highest BCUT2D eigenvalue weighted by atomic mass is 35.5. The van der Waals surface area contributed by atoms with Crippen LogP contribution in [0.1, 0.15) is 19.3 Å². The molecule has 0 atom stereocenters. The number of benzene rings is 1. The Balaban J connectivity index is 2.27. The number of rotatable bonds is 6. The maximum absolute atomic E-state index is 12.8. The SMILES string of the molecule is N=C(N)CCCCOc1ccc(F)c(Cl)c1. The second kappa shape index (κ2) is 6.33. The molecule has 0 aliphatic rings. The summed E-state index contributed by atoms with van der Waals surface area (Å²) in [4.78, 5) is 0. The quantitative estimate of drug-likeness (QED) is 0.459. The zero-order chi connectivity index (χ0) is 12.0. The van der Waals surface area contributed by atoms with Gasteiger partial charge in [-0.05, 0) is 25.0 Å². The standard InChI is InChI=1S/C11H14ClFN2O/c12-9-7-8(4-5-10(9)13)16-6-2-1-3-11(14)15/h4-5,7H,1-3,6H2,(H3,14,15). The van der Waals surface area contributed by atoms with Crippen molar-refractivity contribution < 1.29 is 9.13 Å². The predicted octanol–water partition coefficient (Wildman–Crippen LogP) is 2.96. The first-order valence-corrected chi connectivity index (χ1v) is 5.38. The minimum atomic E-state index is -0.453. The number of hydrogen-bond donors (Lipinski definition) is 2. The lowest BCUT2D eigenvalue weighted by molar-refractivity contribution is 0.307. The first-order valence-electron chi connectivity index (χ1n) is 5.00. The van der Waals surface area contributed by atoms with Gasteiger partial charge in [0.05, 0.1) is 17.5 Å². The summed E-state index contributed by atoms with van der Waals surface area (Å²) >= 11 is 5.60. The molecule has 1 rings (SSSR count). The van der Waals surface area contributed by atoms with Gasteiger partial charge in [0, 0.05) is 12.5 Å². The molecule has 0 saturated heterocycles. The van der Waals surface area contributed by atoms with Gasteiger partial charge in [-0.1, -0.05) is 11.6 Å². The third-order valence-electron chi connectivity index (χ3n) is 2.00. The summed E-state index contributed by atoms with van der Waals surface area (Å²) in [6, 6.07) is 4.25. The monoisotopic (exact) mass is 244 g/mol. The van der Waals surface area contributed by atoms with Crippen molar-refractivity contribution in [3.63, 3.8) is 0 Å². The molecule has 0 amide bonds. The van der Waals surface area contributed by atoms with E-state index >= 15 is 0 Å². The molecule has 5 heteroatoms. The zero-order valence-electron chi connectivity index (χ0n) is 8.80. The molecule has 88 valence electrons. The van der Waals surface area contributed by atoms with Gasteiger partial charge in [-0.3, -0.25) is 5.41 Å². The normalized spacial score (nSPS) is 10.1. The van der Waals surface area contributed by atoms with Crippen molar-refractivity contribution in [2.45, 2.75) is 19.3 Å². The highest BCUT2D eigenvalue weighted by molar-refractivity contribution is 6.30. The Labute approximate surface area is 98.9 Å². The molecule has 0 saturated carbocycles. The summed E-state index contributed by atoms with van der Waals surface area (Å²) in [5, 5.41) is 7.08. The van der Waals surface area contributed by atoms with E-state index in [1.54, 1.807) is 0 Å². The summed E-state index contributed by atoms with van der Waals surface area (Å²) in [6.07, 6.45) is 2.19. The van der Waals surface area contributed by atoms with Crippen LogP contribution in [0, 0.1) is 11.2 Å². The van der Waals surface area contributed by atoms with Crippen LogP contribution in [-0.2, 0) is 0 Å². The van der Waals surface area contributed by atoms with E-state index in [-0.39, 0.29) is 10.9 Å². The van der Waals surface area contributed by atoms with E-state index in [0.29, 0.717) is 18.8 Å². The molecule has 0 bridgehead atoms. The van der Waals surface area contributed by atoms with Crippen molar-refractivity contribution in [2.24, 2.45) is 5.73 Å². The van der Waals surface area contributed by atoms with E-state index in [1.165, 1.54) is 18.2 Å². The van der Waals surface area contributed by atoms with E-state index < -0.39 is 5.82 Å². The number of nitrogens with two attached hydrogens (primary N) is 1. The van der Waals surface area contributed by atoms with E-state index in [9.17, 15) is 4.39 Å². The summed E-state index contributed by atoms with van der Waals surface area (Å²) in [6.45, 7) is 0.509. The average Bonchev–Trinajstić information content (AvgIpc) is 2.22. The summed E-state index contributed by atoms with van der Waals surface area (Å²) in [5.41, 5.74) is 5.21. The van der Waals surface area contributed by atoms with Crippen molar-refractivity contribution in [3.8, 4) is 5.75 Å². The fourth-order valence-corrected chi connectivity index (χ4v) is 1.34. The lowest BCUT2D eigenvalue weighted by Gasteiger charge is -2.06. The van der Waals surface area contributed by atoms with E-state index in [0.717, 1.165) is 12.8 Å². The molecule has 0 fully saturated rings. The fourth-order valence-electron chi connectivity index (χ4n) is 1.17. The van der Waals surface area contributed by atoms with Crippen LogP contribution in [-0.4, -0.2) is 12.4 Å². The predicted molar refractivity (Wildman–Crippen MR) is 62.7 cm³/mol. The molecular formula is C11H14ClFN2O. The Morgan fingerprint density at radius 1 is 1.44 bits per heavy atom. The Kier molecular flexibility index (Phi) is 5.05. The molecule has 0 aliphatic carbocycles. The summed E-state index contributed by atoms with van der Waals surface area (Å²) < 4.78 is 18.2. The molecular weight excluding hydrogens is 231 g/mol. The molecule has 1 aromatic carbocycles. The van der Waals surface area contributed by atoms with Gasteiger partial charge in [-0.2, -0.15) is 0 Å².